The normalized spacial score (nSPS) is 10.5. The highest BCUT2D eigenvalue weighted by molar-refractivity contribution is 5.22. The van der Waals surface area contributed by atoms with Gasteiger partial charge in [-0.3, -0.25) is 0 Å². The summed E-state index contributed by atoms with van der Waals surface area (Å²) in [6.45, 7) is 0. The lowest BCUT2D eigenvalue weighted by Crippen LogP contribution is -2.56. The topological polar surface area (TPSA) is 15.5 Å². The van der Waals surface area contributed by atoms with E-state index in [2.05, 4.69) is 71.2 Å². The molecule has 0 unspecified atom stereocenters. The Kier molecular flexibility index (Phi) is 2.64. The summed E-state index contributed by atoms with van der Waals surface area (Å²) in [7, 11) is 8.23. The zero-order chi connectivity index (χ0) is 11.7. The van der Waals surface area contributed by atoms with E-state index in [-0.39, 0.29) is 0 Å². The van der Waals surface area contributed by atoms with E-state index in [1.807, 2.05) is 12.1 Å². The third-order valence-corrected chi connectivity index (χ3v) is 2.78. The summed E-state index contributed by atoms with van der Waals surface area (Å²) in [5, 5.41) is 0. The van der Waals surface area contributed by atoms with Crippen molar-refractivity contribution < 1.29 is 18.3 Å². The van der Waals surface area contributed by atoms with Gasteiger partial charge in [-0.05, 0) is 0 Å². The molecular formula is C12H18N4+4. The standard InChI is InChI=1S/C12H18N4/c1-13-7-5-8-14(2)11(13)12-15(3)9-6-10-16(12)4/h5-10H,1-4H3/q+4. The Balaban J connectivity index is 2.77. The van der Waals surface area contributed by atoms with Gasteiger partial charge in [0, 0.05) is 0 Å². The van der Waals surface area contributed by atoms with Gasteiger partial charge in [-0.15, -0.1) is 18.3 Å². The van der Waals surface area contributed by atoms with Crippen molar-refractivity contribution in [1.29, 1.82) is 0 Å². The van der Waals surface area contributed by atoms with Crippen LogP contribution in [0.1, 0.15) is 0 Å². The smallest absolute Gasteiger partial charge is 0.133 e. The van der Waals surface area contributed by atoms with Gasteiger partial charge in [0.1, 0.15) is 28.2 Å². The van der Waals surface area contributed by atoms with E-state index < -0.39 is 0 Å². The van der Waals surface area contributed by atoms with Crippen molar-refractivity contribution in [3.63, 3.8) is 0 Å². The lowest BCUT2D eigenvalue weighted by Gasteiger charge is -1.94. The van der Waals surface area contributed by atoms with Gasteiger partial charge in [-0.2, -0.15) is 0 Å². The molecule has 16 heavy (non-hydrogen) atoms. The third kappa shape index (κ3) is 1.66. The van der Waals surface area contributed by atoms with Gasteiger partial charge >= 0.3 is 11.6 Å². The van der Waals surface area contributed by atoms with Gasteiger partial charge in [-0.1, -0.05) is 0 Å². The van der Waals surface area contributed by atoms with Crippen LogP contribution in [-0.2, 0) is 28.2 Å². The third-order valence-electron chi connectivity index (χ3n) is 2.78. The Morgan fingerprint density at radius 2 is 0.812 bits per heavy atom. The maximum atomic E-state index is 2.12. The molecule has 0 aromatic carbocycles. The fourth-order valence-electron chi connectivity index (χ4n) is 2.00. The van der Waals surface area contributed by atoms with Crippen LogP contribution in [0.2, 0.25) is 0 Å². The van der Waals surface area contributed by atoms with E-state index in [0.717, 1.165) is 11.6 Å². The molecule has 0 spiro atoms. The highest BCUT2D eigenvalue weighted by atomic mass is 15.2. The summed E-state index contributed by atoms with van der Waals surface area (Å²) < 4.78 is 8.48. The molecule has 0 N–H and O–H groups in total. The molecule has 4 nitrogen and oxygen atoms in total. The molecular weight excluding hydrogens is 200 g/mol. The minimum atomic E-state index is 1.16. The van der Waals surface area contributed by atoms with Gasteiger partial charge in [0.25, 0.3) is 0 Å². The molecule has 2 rings (SSSR count). The van der Waals surface area contributed by atoms with Crippen LogP contribution in [-0.4, -0.2) is 0 Å². The van der Waals surface area contributed by atoms with Gasteiger partial charge < -0.3 is 0 Å². The van der Waals surface area contributed by atoms with Crippen LogP contribution < -0.4 is 18.3 Å². The Morgan fingerprint density at radius 1 is 0.562 bits per heavy atom. The van der Waals surface area contributed by atoms with Crippen molar-refractivity contribution in [3.05, 3.63) is 36.9 Å². The van der Waals surface area contributed by atoms with Crippen LogP contribution in [0.15, 0.2) is 36.9 Å². The van der Waals surface area contributed by atoms with E-state index in [1.165, 1.54) is 0 Å². The molecule has 4 heteroatoms. The lowest BCUT2D eigenvalue weighted by molar-refractivity contribution is -0.836. The van der Waals surface area contributed by atoms with Crippen molar-refractivity contribution in [3.8, 4) is 11.6 Å². The largest absolute Gasteiger partial charge is 0.588 e. The number of aromatic nitrogens is 4. The number of hydrogen-bond acceptors (Lipinski definition) is 0. The predicted octanol–water partition coefficient (Wildman–Crippen LogP) is -1.35. The average Bonchev–Trinajstić information content (AvgIpc) is 2.21. The first kappa shape index (κ1) is 10.7. The van der Waals surface area contributed by atoms with E-state index in [1.54, 1.807) is 0 Å². The van der Waals surface area contributed by atoms with E-state index in [4.69, 9.17) is 0 Å². The van der Waals surface area contributed by atoms with Crippen LogP contribution in [0.5, 0.6) is 0 Å². The second kappa shape index (κ2) is 3.96. The van der Waals surface area contributed by atoms with Gasteiger partial charge in [0.15, 0.2) is 24.8 Å². The van der Waals surface area contributed by atoms with E-state index in [0.29, 0.717) is 0 Å². The minimum Gasteiger partial charge on any atom is -0.133 e. The Labute approximate surface area is 95.7 Å². The number of aryl methyl sites for hydroxylation is 4. The first-order chi connectivity index (χ1) is 7.61. The summed E-state index contributed by atoms with van der Waals surface area (Å²) in [4.78, 5) is 0. The monoisotopic (exact) mass is 218 g/mol. The molecule has 0 amide bonds. The quantitative estimate of drug-likeness (QED) is 0.526. The second-order valence-electron chi connectivity index (χ2n) is 4.07. The molecule has 0 saturated heterocycles. The van der Waals surface area contributed by atoms with Gasteiger partial charge in [0.2, 0.25) is 0 Å². The predicted molar refractivity (Wildman–Crippen MR) is 56.6 cm³/mol. The summed E-state index contributed by atoms with van der Waals surface area (Å²) in [5.74, 6) is 2.32. The van der Waals surface area contributed by atoms with Crippen LogP contribution in [0, 0.1) is 0 Å². The van der Waals surface area contributed by atoms with Crippen molar-refractivity contribution >= 4 is 0 Å². The van der Waals surface area contributed by atoms with Gasteiger partial charge in [-0.25, -0.2) is 0 Å². The second-order valence-corrected chi connectivity index (χ2v) is 4.07. The molecule has 0 fully saturated rings. The maximum absolute atomic E-state index is 2.12. The fraction of sp³-hybridized carbons (Fsp3) is 0.333. The van der Waals surface area contributed by atoms with Gasteiger partial charge in [0.05, 0.1) is 12.1 Å². The minimum absolute atomic E-state index is 1.16. The zero-order valence-electron chi connectivity index (χ0n) is 10.3. The van der Waals surface area contributed by atoms with E-state index >= 15 is 0 Å². The molecule has 0 aliphatic carbocycles. The summed E-state index contributed by atoms with van der Waals surface area (Å²) in [5.41, 5.74) is 0. The number of rotatable bonds is 1. The fourth-order valence-corrected chi connectivity index (χ4v) is 2.00. The van der Waals surface area contributed by atoms with E-state index in [9.17, 15) is 0 Å². The summed E-state index contributed by atoms with van der Waals surface area (Å²) in [6, 6.07) is 4.07. The van der Waals surface area contributed by atoms with Crippen molar-refractivity contribution in [2.24, 2.45) is 28.2 Å². The zero-order valence-corrected chi connectivity index (χ0v) is 10.3. The van der Waals surface area contributed by atoms with Crippen molar-refractivity contribution in [2.75, 3.05) is 0 Å². The molecule has 2 aromatic rings. The van der Waals surface area contributed by atoms with Crippen LogP contribution in [0.25, 0.3) is 11.6 Å². The molecule has 0 bridgehead atoms. The molecule has 0 aliphatic rings. The maximum Gasteiger partial charge on any atom is 0.588 e. The SMILES string of the molecule is C[n+]1ccc[n+](C)c1-c1[n+](C)ccc[n+]1C. The molecule has 0 radical (unpaired) electrons. The van der Waals surface area contributed by atoms with Crippen molar-refractivity contribution in [2.45, 2.75) is 0 Å². The average molecular weight is 218 g/mol. The highest BCUT2D eigenvalue weighted by Crippen LogP contribution is 1.96. The summed E-state index contributed by atoms with van der Waals surface area (Å²) >= 11 is 0. The van der Waals surface area contributed by atoms with Crippen LogP contribution in [0.3, 0.4) is 0 Å². The highest BCUT2D eigenvalue weighted by Gasteiger charge is 2.40. The molecule has 0 aliphatic heterocycles. The first-order valence-corrected chi connectivity index (χ1v) is 5.30. The molecule has 0 atom stereocenters. The molecule has 82 valence electrons. The Hall–Kier alpha value is -1.84. The molecule has 2 aromatic heterocycles. The molecule has 0 saturated carbocycles. The number of nitrogens with zero attached hydrogens (tertiary/aromatic N) is 4. The van der Waals surface area contributed by atoms with Crippen LogP contribution >= 0.6 is 0 Å². The van der Waals surface area contributed by atoms with Crippen LogP contribution in [0.4, 0.5) is 0 Å². The first-order valence-electron chi connectivity index (χ1n) is 5.30. The number of hydrogen-bond donors (Lipinski definition) is 0. The Morgan fingerprint density at radius 3 is 1.06 bits per heavy atom. The molecule has 2 heterocycles. The van der Waals surface area contributed by atoms with Crippen molar-refractivity contribution in [1.82, 2.24) is 0 Å². The Bertz CT molecular complexity index is 445. The summed E-state index contributed by atoms with van der Waals surface area (Å²) in [6.07, 6.45) is 8.23. The lowest BCUT2D eigenvalue weighted by atomic mass is 10.4.